The van der Waals surface area contributed by atoms with Gasteiger partial charge in [-0.05, 0) is 45.2 Å². The van der Waals surface area contributed by atoms with Gasteiger partial charge in [-0.25, -0.2) is 0 Å². The lowest BCUT2D eigenvalue weighted by Crippen LogP contribution is -2.42. The van der Waals surface area contributed by atoms with E-state index in [4.69, 9.17) is 11.5 Å². The summed E-state index contributed by atoms with van der Waals surface area (Å²) in [7, 11) is 0. The molecule has 4 N–H and O–H groups in total. The SMILES string of the molecule is CCC(CC(C)C(=O)N(CCCN)CCCN)N1CCCC1=O. The summed E-state index contributed by atoms with van der Waals surface area (Å²) in [6.07, 6.45) is 4.85. The first-order valence-electron chi connectivity index (χ1n) is 9.03. The summed E-state index contributed by atoms with van der Waals surface area (Å²) in [5.74, 6) is 0.320. The molecule has 2 unspecified atom stereocenters. The molecule has 1 rings (SSSR count). The molecular formula is C17H34N4O2. The van der Waals surface area contributed by atoms with E-state index >= 15 is 0 Å². The average molecular weight is 326 g/mol. The number of hydrogen-bond acceptors (Lipinski definition) is 4. The molecule has 1 saturated heterocycles. The van der Waals surface area contributed by atoms with Crippen molar-refractivity contribution in [3.8, 4) is 0 Å². The van der Waals surface area contributed by atoms with Crippen LogP contribution in [0.2, 0.25) is 0 Å². The topological polar surface area (TPSA) is 92.7 Å². The van der Waals surface area contributed by atoms with Gasteiger partial charge in [0.05, 0.1) is 0 Å². The lowest BCUT2D eigenvalue weighted by atomic mass is 9.97. The second kappa shape index (κ2) is 10.6. The zero-order chi connectivity index (χ0) is 17.2. The molecule has 0 bridgehead atoms. The Labute approximate surface area is 140 Å². The van der Waals surface area contributed by atoms with Crippen LogP contribution in [0.15, 0.2) is 0 Å². The number of amides is 2. The largest absolute Gasteiger partial charge is 0.342 e. The quantitative estimate of drug-likeness (QED) is 0.591. The third-order valence-corrected chi connectivity index (χ3v) is 4.65. The molecule has 0 spiro atoms. The van der Waals surface area contributed by atoms with Gasteiger partial charge in [0.2, 0.25) is 11.8 Å². The number of hydrogen-bond donors (Lipinski definition) is 2. The molecule has 0 aromatic rings. The molecule has 23 heavy (non-hydrogen) atoms. The normalized spacial score (nSPS) is 17.4. The third-order valence-electron chi connectivity index (χ3n) is 4.65. The van der Waals surface area contributed by atoms with Crippen LogP contribution in [-0.4, -0.2) is 60.4 Å². The van der Waals surface area contributed by atoms with E-state index in [-0.39, 0.29) is 23.8 Å². The molecule has 2 amide bonds. The van der Waals surface area contributed by atoms with Crippen molar-refractivity contribution in [2.45, 2.75) is 58.4 Å². The summed E-state index contributed by atoms with van der Waals surface area (Å²) in [6, 6.07) is 0.176. The summed E-state index contributed by atoms with van der Waals surface area (Å²) in [6.45, 7) is 7.46. The minimum Gasteiger partial charge on any atom is -0.342 e. The monoisotopic (exact) mass is 326 g/mol. The van der Waals surface area contributed by atoms with Crippen LogP contribution in [0, 0.1) is 5.92 Å². The van der Waals surface area contributed by atoms with Crippen molar-refractivity contribution in [2.75, 3.05) is 32.7 Å². The van der Waals surface area contributed by atoms with E-state index in [1.807, 2.05) is 16.7 Å². The molecule has 0 aromatic carbocycles. The fourth-order valence-electron chi connectivity index (χ4n) is 3.29. The number of nitrogens with zero attached hydrogens (tertiary/aromatic N) is 2. The second-order valence-electron chi connectivity index (χ2n) is 6.50. The van der Waals surface area contributed by atoms with E-state index in [1.165, 1.54) is 0 Å². The van der Waals surface area contributed by atoms with E-state index in [0.717, 1.165) is 38.6 Å². The Kier molecular flexibility index (Phi) is 9.17. The Bertz CT molecular complexity index is 368. The molecule has 6 heteroatoms. The first-order chi connectivity index (χ1) is 11.0. The number of carbonyl (C=O) groups is 2. The van der Waals surface area contributed by atoms with Gasteiger partial charge >= 0.3 is 0 Å². The van der Waals surface area contributed by atoms with Crippen molar-refractivity contribution in [1.82, 2.24) is 9.80 Å². The van der Waals surface area contributed by atoms with Crippen LogP contribution in [0.5, 0.6) is 0 Å². The van der Waals surface area contributed by atoms with Gasteiger partial charge in [0, 0.05) is 38.0 Å². The molecule has 1 fully saturated rings. The van der Waals surface area contributed by atoms with Gasteiger partial charge in [-0.3, -0.25) is 9.59 Å². The molecule has 0 aliphatic carbocycles. The standard InChI is InChI=1S/C17H34N4O2/c1-3-15(21-12-4-7-16(21)22)13-14(2)17(23)20(10-5-8-18)11-6-9-19/h14-15H,3-13,18-19H2,1-2H3. The highest BCUT2D eigenvalue weighted by Crippen LogP contribution is 2.22. The van der Waals surface area contributed by atoms with E-state index in [0.29, 0.717) is 32.6 Å². The highest BCUT2D eigenvalue weighted by Gasteiger charge is 2.30. The first-order valence-corrected chi connectivity index (χ1v) is 9.03. The molecule has 1 aliphatic heterocycles. The van der Waals surface area contributed by atoms with Crippen LogP contribution in [0.1, 0.15) is 52.4 Å². The van der Waals surface area contributed by atoms with Crippen molar-refractivity contribution in [3.05, 3.63) is 0 Å². The van der Waals surface area contributed by atoms with E-state index in [2.05, 4.69) is 6.92 Å². The molecular weight excluding hydrogens is 292 g/mol. The second-order valence-corrected chi connectivity index (χ2v) is 6.50. The summed E-state index contributed by atoms with van der Waals surface area (Å²) in [4.78, 5) is 28.5. The Morgan fingerprint density at radius 1 is 1.26 bits per heavy atom. The van der Waals surface area contributed by atoms with Gasteiger partial charge in [-0.15, -0.1) is 0 Å². The van der Waals surface area contributed by atoms with Gasteiger partial charge in [0.1, 0.15) is 0 Å². The molecule has 134 valence electrons. The Balaban J connectivity index is 2.61. The number of likely N-dealkylation sites (tertiary alicyclic amines) is 1. The van der Waals surface area contributed by atoms with Crippen LogP contribution in [0.25, 0.3) is 0 Å². The zero-order valence-electron chi connectivity index (χ0n) is 14.8. The van der Waals surface area contributed by atoms with Crippen molar-refractivity contribution in [1.29, 1.82) is 0 Å². The van der Waals surface area contributed by atoms with Gasteiger partial charge in [0.25, 0.3) is 0 Å². The molecule has 1 aliphatic rings. The Morgan fingerprint density at radius 2 is 1.87 bits per heavy atom. The highest BCUT2D eigenvalue weighted by atomic mass is 16.2. The van der Waals surface area contributed by atoms with Gasteiger partial charge in [0.15, 0.2) is 0 Å². The zero-order valence-corrected chi connectivity index (χ0v) is 14.8. The molecule has 0 radical (unpaired) electrons. The maximum Gasteiger partial charge on any atom is 0.225 e. The Morgan fingerprint density at radius 3 is 2.30 bits per heavy atom. The predicted molar refractivity (Wildman–Crippen MR) is 92.7 cm³/mol. The van der Waals surface area contributed by atoms with Crippen molar-refractivity contribution >= 4 is 11.8 Å². The Hall–Kier alpha value is -1.14. The molecule has 0 saturated carbocycles. The third kappa shape index (κ3) is 6.11. The molecule has 2 atom stereocenters. The minimum atomic E-state index is -0.0797. The fraction of sp³-hybridized carbons (Fsp3) is 0.882. The molecule has 1 heterocycles. The number of nitrogens with two attached hydrogens (primary N) is 2. The lowest BCUT2D eigenvalue weighted by molar-refractivity contribution is -0.137. The summed E-state index contributed by atoms with van der Waals surface area (Å²) in [5, 5.41) is 0. The van der Waals surface area contributed by atoms with Crippen molar-refractivity contribution in [3.63, 3.8) is 0 Å². The first kappa shape index (κ1) is 19.9. The van der Waals surface area contributed by atoms with Gasteiger partial charge in [-0.1, -0.05) is 13.8 Å². The van der Waals surface area contributed by atoms with Crippen molar-refractivity contribution in [2.24, 2.45) is 17.4 Å². The minimum absolute atomic E-state index is 0.0797. The smallest absolute Gasteiger partial charge is 0.225 e. The predicted octanol–water partition coefficient (Wildman–Crippen LogP) is 0.940. The van der Waals surface area contributed by atoms with Crippen LogP contribution < -0.4 is 11.5 Å². The van der Waals surface area contributed by atoms with E-state index in [1.54, 1.807) is 0 Å². The van der Waals surface area contributed by atoms with Crippen molar-refractivity contribution < 1.29 is 9.59 Å². The maximum atomic E-state index is 12.7. The van der Waals surface area contributed by atoms with Crippen LogP contribution in [0.3, 0.4) is 0 Å². The average Bonchev–Trinajstić information content (AvgIpc) is 2.98. The molecule has 6 nitrogen and oxygen atoms in total. The van der Waals surface area contributed by atoms with Crippen LogP contribution >= 0.6 is 0 Å². The van der Waals surface area contributed by atoms with E-state index < -0.39 is 0 Å². The highest BCUT2D eigenvalue weighted by molar-refractivity contribution is 5.80. The van der Waals surface area contributed by atoms with Crippen LogP contribution in [0.4, 0.5) is 0 Å². The summed E-state index contributed by atoms with van der Waals surface area (Å²) >= 11 is 0. The molecule has 0 aromatic heterocycles. The number of carbonyl (C=O) groups excluding carboxylic acids is 2. The summed E-state index contributed by atoms with van der Waals surface area (Å²) < 4.78 is 0. The van der Waals surface area contributed by atoms with Gasteiger partial charge < -0.3 is 21.3 Å². The fourth-order valence-corrected chi connectivity index (χ4v) is 3.29. The van der Waals surface area contributed by atoms with Crippen LogP contribution in [-0.2, 0) is 9.59 Å². The summed E-state index contributed by atoms with van der Waals surface area (Å²) in [5.41, 5.74) is 11.2. The maximum absolute atomic E-state index is 12.7. The number of rotatable bonds is 11. The van der Waals surface area contributed by atoms with Gasteiger partial charge in [-0.2, -0.15) is 0 Å². The lowest BCUT2D eigenvalue weighted by Gasteiger charge is -2.31. The van der Waals surface area contributed by atoms with E-state index in [9.17, 15) is 9.59 Å².